The Kier molecular flexibility index (Phi) is 7.50. The lowest BCUT2D eigenvalue weighted by Crippen LogP contribution is -2.30. The standard InChI is InChI=1S/C11H18FNO2/c1-3-5-6-7-8-13(9-14)11(15)10(12)4-2/h4,9H,3,5-8H2,1-2H3/b10-4+. The van der Waals surface area contributed by atoms with E-state index in [-0.39, 0.29) is 0 Å². The Morgan fingerprint density at radius 1 is 1.33 bits per heavy atom. The lowest BCUT2D eigenvalue weighted by molar-refractivity contribution is -0.136. The molecule has 0 aromatic carbocycles. The van der Waals surface area contributed by atoms with Crippen molar-refractivity contribution in [1.29, 1.82) is 0 Å². The van der Waals surface area contributed by atoms with Crippen molar-refractivity contribution in [3.63, 3.8) is 0 Å². The molecule has 0 radical (unpaired) electrons. The second-order valence-electron chi connectivity index (χ2n) is 3.30. The second kappa shape index (κ2) is 8.15. The number of carbonyl (C=O) groups is 2. The maximum Gasteiger partial charge on any atom is 0.288 e. The molecule has 0 spiro atoms. The maximum absolute atomic E-state index is 12.8. The van der Waals surface area contributed by atoms with Gasteiger partial charge in [-0.05, 0) is 19.4 Å². The molecule has 4 heteroatoms. The number of unbranched alkanes of at least 4 members (excludes halogenated alkanes) is 3. The molecule has 2 amide bonds. The topological polar surface area (TPSA) is 37.4 Å². The van der Waals surface area contributed by atoms with Crippen molar-refractivity contribution in [3.05, 3.63) is 11.9 Å². The molecule has 0 aliphatic heterocycles. The fourth-order valence-corrected chi connectivity index (χ4v) is 1.17. The van der Waals surface area contributed by atoms with E-state index in [4.69, 9.17) is 0 Å². The van der Waals surface area contributed by atoms with Crippen molar-refractivity contribution in [3.8, 4) is 0 Å². The summed E-state index contributed by atoms with van der Waals surface area (Å²) in [5.74, 6) is -1.72. The molecule has 0 aromatic heterocycles. The van der Waals surface area contributed by atoms with Gasteiger partial charge >= 0.3 is 0 Å². The minimum Gasteiger partial charge on any atom is -0.279 e. The number of carbonyl (C=O) groups excluding carboxylic acids is 2. The van der Waals surface area contributed by atoms with Crippen LogP contribution in [0.4, 0.5) is 4.39 Å². The number of allylic oxidation sites excluding steroid dienone is 1. The first-order valence-corrected chi connectivity index (χ1v) is 5.25. The number of hydrogen-bond acceptors (Lipinski definition) is 2. The Hall–Kier alpha value is -1.19. The van der Waals surface area contributed by atoms with E-state index in [0.717, 1.165) is 36.7 Å². The molecule has 0 atom stereocenters. The van der Waals surface area contributed by atoms with Crippen molar-refractivity contribution in [1.82, 2.24) is 4.90 Å². The van der Waals surface area contributed by atoms with Crippen LogP contribution in [-0.4, -0.2) is 23.8 Å². The SMILES string of the molecule is C/C=C(/F)C(=O)N(C=O)CCCCCC. The van der Waals surface area contributed by atoms with Gasteiger partial charge in [0, 0.05) is 6.54 Å². The van der Waals surface area contributed by atoms with E-state index in [1.165, 1.54) is 6.92 Å². The van der Waals surface area contributed by atoms with E-state index < -0.39 is 11.7 Å². The van der Waals surface area contributed by atoms with Crippen LogP contribution in [-0.2, 0) is 9.59 Å². The minimum absolute atomic E-state index is 0.295. The molecule has 0 N–H and O–H groups in total. The summed E-state index contributed by atoms with van der Waals surface area (Å²) in [4.78, 5) is 22.6. The number of amides is 2. The van der Waals surface area contributed by atoms with Gasteiger partial charge in [-0.1, -0.05) is 26.2 Å². The molecular weight excluding hydrogens is 197 g/mol. The molecule has 0 bridgehead atoms. The fourth-order valence-electron chi connectivity index (χ4n) is 1.17. The summed E-state index contributed by atoms with van der Waals surface area (Å²) in [6, 6.07) is 0. The van der Waals surface area contributed by atoms with Crippen molar-refractivity contribution >= 4 is 12.3 Å². The zero-order valence-corrected chi connectivity index (χ0v) is 9.33. The Morgan fingerprint density at radius 2 is 2.00 bits per heavy atom. The molecule has 86 valence electrons. The number of halogens is 1. The zero-order valence-electron chi connectivity index (χ0n) is 9.33. The lowest BCUT2D eigenvalue weighted by Gasteiger charge is -2.13. The van der Waals surface area contributed by atoms with Crippen LogP contribution in [0.5, 0.6) is 0 Å². The van der Waals surface area contributed by atoms with Crippen LogP contribution < -0.4 is 0 Å². The maximum atomic E-state index is 12.8. The van der Waals surface area contributed by atoms with Gasteiger partial charge in [0.25, 0.3) is 5.91 Å². The molecular formula is C11H18FNO2. The van der Waals surface area contributed by atoms with Crippen molar-refractivity contribution in [2.24, 2.45) is 0 Å². The molecule has 15 heavy (non-hydrogen) atoms. The van der Waals surface area contributed by atoms with Gasteiger partial charge in [-0.25, -0.2) is 4.39 Å². The number of imide groups is 1. The summed E-state index contributed by atoms with van der Waals surface area (Å²) in [7, 11) is 0. The largest absolute Gasteiger partial charge is 0.288 e. The summed E-state index contributed by atoms with van der Waals surface area (Å²) in [5, 5.41) is 0. The summed E-state index contributed by atoms with van der Waals surface area (Å²) < 4.78 is 12.8. The monoisotopic (exact) mass is 215 g/mol. The molecule has 0 aromatic rings. The first kappa shape index (κ1) is 13.8. The van der Waals surface area contributed by atoms with E-state index in [9.17, 15) is 14.0 Å². The first-order chi connectivity index (χ1) is 7.17. The van der Waals surface area contributed by atoms with Crippen LogP contribution >= 0.6 is 0 Å². The molecule has 0 saturated carbocycles. The van der Waals surface area contributed by atoms with E-state index in [1.807, 2.05) is 0 Å². The average Bonchev–Trinajstić information content (AvgIpc) is 2.27. The van der Waals surface area contributed by atoms with Crippen molar-refractivity contribution in [2.45, 2.75) is 39.5 Å². The molecule has 0 saturated heterocycles. The normalized spacial score (nSPS) is 11.3. The molecule has 0 aliphatic rings. The number of nitrogens with zero attached hydrogens (tertiary/aromatic N) is 1. The number of rotatable bonds is 7. The Morgan fingerprint density at radius 3 is 2.47 bits per heavy atom. The van der Waals surface area contributed by atoms with Crippen LogP contribution in [0.1, 0.15) is 39.5 Å². The Bertz CT molecular complexity index is 239. The summed E-state index contributed by atoms with van der Waals surface area (Å²) >= 11 is 0. The third-order valence-electron chi connectivity index (χ3n) is 2.10. The van der Waals surface area contributed by atoms with Crippen molar-refractivity contribution in [2.75, 3.05) is 6.54 Å². The molecule has 0 heterocycles. The third kappa shape index (κ3) is 5.30. The lowest BCUT2D eigenvalue weighted by atomic mass is 10.2. The zero-order chi connectivity index (χ0) is 11.7. The highest BCUT2D eigenvalue weighted by atomic mass is 19.1. The summed E-state index contributed by atoms with van der Waals surface area (Å²) in [6.45, 7) is 3.79. The Balaban J connectivity index is 4.02. The van der Waals surface area contributed by atoms with Gasteiger partial charge in [-0.2, -0.15) is 0 Å². The predicted octanol–water partition coefficient (Wildman–Crippen LogP) is 2.43. The van der Waals surface area contributed by atoms with Crippen molar-refractivity contribution < 1.29 is 14.0 Å². The highest BCUT2D eigenvalue weighted by Crippen LogP contribution is 2.05. The van der Waals surface area contributed by atoms with Gasteiger partial charge in [0.15, 0.2) is 5.83 Å². The first-order valence-electron chi connectivity index (χ1n) is 5.25. The van der Waals surface area contributed by atoms with Gasteiger partial charge in [-0.3, -0.25) is 14.5 Å². The van der Waals surface area contributed by atoms with Crippen LogP contribution in [0.15, 0.2) is 11.9 Å². The highest BCUT2D eigenvalue weighted by molar-refractivity contribution is 5.97. The van der Waals surface area contributed by atoms with Gasteiger partial charge in [-0.15, -0.1) is 0 Å². The van der Waals surface area contributed by atoms with E-state index in [1.54, 1.807) is 0 Å². The third-order valence-corrected chi connectivity index (χ3v) is 2.10. The van der Waals surface area contributed by atoms with Gasteiger partial charge < -0.3 is 0 Å². The summed E-state index contributed by atoms with van der Waals surface area (Å²) in [5.41, 5.74) is 0. The Labute approximate surface area is 89.9 Å². The fraction of sp³-hybridized carbons (Fsp3) is 0.636. The predicted molar refractivity (Wildman–Crippen MR) is 56.8 cm³/mol. The van der Waals surface area contributed by atoms with E-state index >= 15 is 0 Å². The smallest absolute Gasteiger partial charge is 0.279 e. The quantitative estimate of drug-likeness (QED) is 0.371. The minimum atomic E-state index is -0.877. The highest BCUT2D eigenvalue weighted by Gasteiger charge is 2.16. The molecule has 0 fully saturated rings. The van der Waals surface area contributed by atoms with E-state index in [0.29, 0.717) is 13.0 Å². The summed E-state index contributed by atoms with van der Waals surface area (Å²) in [6.07, 6.45) is 5.27. The van der Waals surface area contributed by atoms with Crippen LogP contribution in [0.2, 0.25) is 0 Å². The molecule has 0 unspecified atom stereocenters. The van der Waals surface area contributed by atoms with Gasteiger partial charge in [0.2, 0.25) is 6.41 Å². The van der Waals surface area contributed by atoms with Gasteiger partial charge in [0.1, 0.15) is 0 Å². The van der Waals surface area contributed by atoms with E-state index in [2.05, 4.69) is 6.92 Å². The molecule has 0 aliphatic carbocycles. The van der Waals surface area contributed by atoms with Gasteiger partial charge in [0.05, 0.1) is 0 Å². The van der Waals surface area contributed by atoms with Crippen LogP contribution in [0.25, 0.3) is 0 Å². The van der Waals surface area contributed by atoms with Crippen LogP contribution in [0.3, 0.4) is 0 Å². The van der Waals surface area contributed by atoms with Crippen LogP contribution in [0, 0.1) is 0 Å². The molecule has 0 rings (SSSR count). The number of hydrogen-bond donors (Lipinski definition) is 0. The average molecular weight is 215 g/mol. The molecule has 3 nitrogen and oxygen atoms in total. The second-order valence-corrected chi connectivity index (χ2v) is 3.30.